The number of aromatic hydroxyl groups is 1. The van der Waals surface area contributed by atoms with E-state index in [-0.39, 0.29) is 24.3 Å². The molecule has 1 aromatic heterocycles. The van der Waals surface area contributed by atoms with Crippen LogP contribution in [0, 0.1) is 0 Å². The van der Waals surface area contributed by atoms with Crippen molar-refractivity contribution in [2.24, 2.45) is 0 Å². The third-order valence-electron chi connectivity index (χ3n) is 3.74. The predicted octanol–water partition coefficient (Wildman–Crippen LogP) is 2.75. The first kappa shape index (κ1) is 16.4. The van der Waals surface area contributed by atoms with Gasteiger partial charge in [-0.2, -0.15) is 0 Å². The van der Waals surface area contributed by atoms with Crippen LogP contribution in [0.5, 0.6) is 5.75 Å². The summed E-state index contributed by atoms with van der Waals surface area (Å²) in [5.41, 5.74) is 1.02. The van der Waals surface area contributed by atoms with Crippen molar-refractivity contribution in [2.75, 3.05) is 0 Å². The minimum Gasteiger partial charge on any atom is -0.508 e. The van der Waals surface area contributed by atoms with Crippen molar-refractivity contribution in [1.29, 1.82) is 0 Å². The molecule has 0 aliphatic heterocycles. The van der Waals surface area contributed by atoms with Crippen molar-refractivity contribution in [1.82, 2.24) is 9.55 Å². The number of phenols is 1. The molecule has 0 bridgehead atoms. The third kappa shape index (κ3) is 3.74. The molecule has 0 spiro atoms. The van der Waals surface area contributed by atoms with E-state index < -0.39 is 5.97 Å². The fourth-order valence-corrected chi connectivity index (χ4v) is 2.54. The second kappa shape index (κ2) is 7.00. The number of fused-ring (bicyclic) bond motifs is 1. The number of carboxylic acid groups (broad SMARTS) is 1. The fraction of sp³-hybridized carbons (Fsp3) is 0.105. The average molecular weight is 336 g/mol. The number of hydrogen-bond acceptors (Lipinski definition) is 4. The standard InChI is InChI=1S/C19H16N2O4/c22-14-5-3-4-13(12-14)8-9-17-20-16-7-2-1-6-15(16)19(25)21(17)11-10-18(23)24/h1-9,12,22H,10-11H2,(H,23,24). The average Bonchev–Trinajstić information content (AvgIpc) is 2.59. The van der Waals surface area contributed by atoms with Crippen molar-refractivity contribution >= 4 is 29.0 Å². The molecule has 3 rings (SSSR count). The maximum Gasteiger partial charge on any atom is 0.305 e. The molecule has 3 aromatic rings. The summed E-state index contributed by atoms with van der Waals surface area (Å²) in [5.74, 6) is -0.479. The molecule has 2 aromatic carbocycles. The molecule has 2 N–H and O–H groups in total. The highest BCUT2D eigenvalue weighted by molar-refractivity contribution is 5.79. The van der Waals surface area contributed by atoms with Gasteiger partial charge in [-0.25, -0.2) is 4.98 Å². The van der Waals surface area contributed by atoms with Crippen LogP contribution in [-0.2, 0) is 11.3 Å². The van der Waals surface area contributed by atoms with Crippen LogP contribution >= 0.6 is 0 Å². The van der Waals surface area contributed by atoms with Gasteiger partial charge in [-0.1, -0.05) is 30.3 Å². The number of para-hydroxylation sites is 1. The van der Waals surface area contributed by atoms with E-state index in [0.717, 1.165) is 5.56 Å². The van der Waals surface area contributed by atoms with Gasteiger partial charge in [0.2, 0.25) is 0 Å². The molecule has 0 saturated carbocycles. The van der Waals surface area contributed by atoms with Crippen molar-refractivity contribution in [3.63, 3.8) is 0 Å². The Labute approximate surface area is 143 Å². The van der Waals surface area contributed by atoms with Crippen LogP contribution in [0.4, 0.5) is 0 Å². The van der Waals surface area contributed by atoms with Gasteiger partial charge in [0.15, 0.2) is 0 Å². The van der Waals surface area contributed by atoms with Gasteiger partial charge in [-0.15, -0.1) is 0 Å². The van der Waals surface area contributed by atoms with Crippen LogP contribution in [0.2, 0.25) is 0 Å². The van der Waals surface area contributed by atoms with E-state index in [1.807, 2.05) is 0 Å². The number of benzene rings is 2. The minimum atomic E-state index is -0.983. The molecule has 1 heterocycles. The van der Waals surface area contributed by atoms with Gasteiger partial charge >= 0.3 is 5.97 Å². The molecule has 0 amide bonds. The summed E-state index contributed by atoms with van der Waals surface area (Å²) < 4.78 is 1.36. The van der Waals surface area contributed by atoms with Crippen LogP contribution in [0.3, 0.4) is 0 Å². The Kier molecular flexibility index (Phi) is 4.61. The van der Waals surface area contributed by atoms with E-state index in [9.17, 15) is 14.7 Å². The van der Waals surface area contributed by atoms with E-state index in [4.69, 9.17) is 5.11 Å². The van der Waals surface area contributed by atoms with Crippen LogP contribution in [-0.4, -0.2) is 25.7 Å². The first-order valence-corrected chi connectivity index (χ1v) is 7.73. The number of carboxylic acids is 1. The van der Waals surface area contributed by atoms with Crippen molar-refractivity contribution in [2.45, 2.75) is 13.0 Å². The van der Waals surface area contributed by atoms with Gasteiger partial charge in [0.25, 0.3) is 5.56 Å². The van der Waals surface area contributed by atoms with Gasteiger partial charge < -0.3 is 10.2 Å². The fourth-order valence-electron chi connectivity index (χ4n) is 2.54. The van der Waals surface area contributed by atoms with E-state index in [1.54, 1.807) is 60.7 Å². The van der Waals surface area contributed by atoms with Gasteiger partial charge in [0.1, 0.15) is 11.6 Å². The molecule has 6 heteroatoms. The second-order valence-electron chi connectivity index (χ2n) is 5.52. The normalized spacial score (nSPS) is 11.2. The Morgan fingerprint density at radius 2 is 1.92 bits per heavy atom. The smallest absolute Gasteiger partial charge is 0.305 e. The zero-order chi connectivity index (χ0) is 17.8. The highest BCUT2D eigenvalue weighted by Crippen LogP contribution is 2.15. The van der Waals surface area contributed by atoms with Crippen LogP contribution in [0.15, 0.2) is 53.3 Å². The summed E-state index contributed by atoms with van der Waals surface area (Å²) in [5, 5.41) is 18.9. The number of nitrogens with zero attached hydrogens (tertiary/aromatic N) is 2. The molecule has 0 atom stereocenters. The van der Waals surface area contributed by atoms with E-state index in [1.165, 1.54) is 4.57 Å². The Balaban J connectivity index is 2.09. The zero-order valence-electron chi connectivity index (χ0n) is 13.3. The number of phenolic OH excluding ortho intramolecular Hbond substituents is 1. The molecule has 0 saturated heterocycles. The van der Waals surface area contributed by atoms with Crippen molar-refractivity contribution in [3.8, 4) is 5.75 Å². The molecular weight excluding hydrogens is 320 g/mol. The van der Waals surface area contributed by atoms with Gasteiger partial charge in [0.05, 0.1) is 17.3 Å². The summed E-state index contributed by atoms with van der Waals surface area (Å²) in [6.07, 6.45) is 3.19. The maximum atomic E-state index is 12.7. The second-order valence-corrected chi connectivity index (χ2v) is 5.52. The number of aromatic nitrogens is 2. The number of rotatable bonds is 5. The predicted molar refractivity (Wildman–Crippen MR) is 95.3 cm³/mol. The summed E-state index contributed by atoms with van der Waals surface area (Å²) >= 11 is 0. The third-order valence-corrected chi connectivity index (χ3v) is 3.74. The van der Waals surface area contributed by atoms with Crippen molar-refractivity contribution in [3.05, 3.63) is 70.3 Å². The van der Waals surface area contributed by atoms with E-state index in [2.05, 4.69) is 4.98 Å². The highest BCUT2D eigenvalue weighted by Gasteiger charge is 2.10. The highest BCUT2D eigenvalue weighted by atomic mass is 16.4. The van der Waals surface area contributed by atoms with E-state index >= 15 is 0 Å². The molecule has 25 heavy (non-hydrogen) atoms. The largest absolute Gasteiger partial charge is 0.508 e. The molecule has 0 aliphatic carbocycles. The topological polar surface area (TPSA) is 92.4 Å². The zero-order valence-corrected chi connectivity index (χ0v) is 13.3. The lowest BCUT2D eigenvalue weighted by Gasteiger charge is -2.10. The first-order valence-electron chi connectivity index (χ1n) is 7.73. The van der Waals surface area contributed by atoms with Crippen LogP contribution < -0.4 is 5.56 Å². The SMILES string of the molecule is O=C(O)CCn1c(C=Cc2cccc(O)c2)nc2ccccc2c1=O. The Hall–Kier alpha value is -3.41. The monoisotopic (exact) mass is 336 g/mol. The quantitative estimate of drug-likeness (QED) is 0.747. The molecule has 0 aliphatic rings. The lowest BCUT2D eigenvalue weighted by atomic mass is 10.2. The molecular formula is C19H16N2O4. The van der Waals surface area contributed by atoms with Gasteiger partial charge in [-0.3, -0.25) is 14.2 Å². The molecule has 6 nitrogen and oxygen atoms in total. The lowest BCUT2D eigenvalue weighted by molar-refractivity contribution is -0.137. The summed E-state index contributed by atoms with van der Waals surface area (Å²) in [6, 6.07) is 13.6. The summed E-state index contributed by atoms with van der Waals surface area (Å²) in [7, 11) is 0. The molecule has 0 radical (unpaired) electrons. The number of carbonyl (C=O) groups is 1. The van der Waals surface area contributed by atoms with Crippen molar-refractivity contribution < 1.29 is 15.0 Å². The summed E-state index contributed by atoms with van der Waals surface area (Å²) in [6.45, 7) is 0.0334. The van der Waals surface area contributed by atoms with Gasteiger partial charge in [0, 0.05) is 6.54 Å². The maximum absolute atomic E-state index is 12.7. The minimum absolute atomic E-state index is 0.0334. The Morgan fingerprint density at radius 1 is 1.12 bits per heavy atom. The summed E-state index contributed by atoms with van der Waals surface area (Å²) in [4.78, 5) is 28.0. The van der Waals surface area contributed by atoms with Gasteiger partial charge in [-0.05, 0) is 35.9 Å². The molecule has 0 fully saturated rings. The first-order chi connectivity index (χ1) is 12.0. The molecule has 0 unspecified atom stereocenters. The van der Waals surface area contributed by atoms with Crippen LogP contribution in [0.25, 0.3) is 23.1 Å². The number of hydrogen-bond donors (Lipinski definition) is 2. The van der Waals surface area contributed by atoms with Crippen LogP contribution in [0.1, 0.15) is 17.8 Å². The Morgan fingerprint density at radius 3 is 2.68 bits per heavy atom. The number of aliphatic carboxylic acids is 1. The molecule has 126 valence electrons. The van der Waals surface area contributed by atoms with E-state index in [0.29, 0.717) is 16.7 Å². The lowest BCUT2D eigenvalue weighted by Crippen LogP contribution is -2.25. The Bertz CT molecular complexity index is 1020.